The SMILES string of the molecule is Cl.NC1(c2nc(-c3cccnc3)no2)CC1. The molecule has 0 saturated heterocycles. The van der Waals surface area contributed by atoms with Crippen molar-refractivity contribution >= 4 is 12.4 Å². The second-order valence-electron chi connectivity index (χ2n) is 3.82. The van der Waals surface area contributed by atoms with Gasteiger partial charge in [-0.2, -0.15) is 4.98 Å². The van der Waals surface area contributed by atoms with Crippen molar-refractivity contribution in [1.82, 2.24) is 15.1 Å². The van der Waals surface area contributed by atoms with E-state index in [9.17, 15) is 0 Å². The molecule has 5 nitrogen and oxygen atoms in total. The summed E-state index contributed by atoms with van der Waals surface area (Å²) in [4.78, 5) is 8.27. The summed E-state index contributed by atoms with van der Waals surface area (Å²) in [5, 5.41) is 3.89. The average Bonchev–Trinajstić information content (AvgIpc) is 2.85. The number of halogens is 1. The number of aromatic nitrogens is 3. The van der Waals surface area contributed by atoms with Crippen LogP contribution in [0.15, 0.2) is 29.0 Å². The predicted molar refractivity (Wildman–Crippen MR) is 59.9 cm³/mol. The van der Waals surface area contributed by atoms with Crippen molar-refractivity contribution in [2.24, 2.45) is 5.73 Å². The lowest BCUT2D eigenvalue weighted by molar-refractivity contribution is 0.348. The lowest BCUT2D eigenvalue weighted by Gasteiger charge is -1.97. The molecule has 0 amide bonds. The molecule has 1 saturated carbocycles. The first-order chi connectivity index (χ1) is 7.28. The van der Waals surface area contributed by atoms with Crippen LogP contribution in [0.25, 0.3) is 11.4 Å². The van der Waals surface area contributed by atoms with Gasteiger partial charge < -0.3 is 10.3 Å². The van der Waals surface area contributed by atoms with E-state index in [0.29, 0.717) is 11.7 Å². The van der Waals surface area contributed by atoms with Crippen LogP contribution >= 0.6 is 12.4 Å². The summed E-state index contributed by atoms with van der Waals surface area (Å²) in [6.45, 7) is 0. The van der Waals surface area contributed by atoms with E-state index in [2.05, 4.69) is 15.1 Å². The number of pyridine rings is 1. The van der Waals surface area contributed by atoms with Crippen LogP contribution in [0.4, 0.5) is 0 Å². The fourth-order valence-electron chi connectivity index (χ4n) is 1.39. The van der Waals surface area contributed by atoms with Crippen molar-refractivity contribution in [3.8, 4) is 11.4 Å². The molecule has 1 fully saturated rings. The Morgan fingerprint density at radius 2 is 2.19 bits per heavy atom. The van der Waals surface area contributed by atoms with Crippen molar-refractivity contribution < 1.29 is 4.52 Å². The maximum absolute atomic E-state index is 5.95. The molecule has 0 aromatic carbocycles. The Kier molecular flexibility index (Phi) is 2.65. The third-order valence-electron chi connectivity index (χ3n) is 2.56. The van der Waals surface area contributed by atoms with Crippen LogP contribution in [0.3, 0.4) is 0 Å². The van der Waals surface area contributed by atoms with Crippen molar-refractivity contribution in [3.63, 3.8) is 0 Å². The molecule has 2 N–H and O–H groups in total. The highest BCUT2D eigenvalue weighted by atomic mass is 35.5. The van der Waals surface area contributed by atoms with E-state index in [-0.39, 0.29) is 17.9 Å². The number of hydrogen-bond acceptors (Lipinski definition) is 5. The van der Waals surface area contributed by atoms with E-state index >= 15 is 0 Å². The van der Waals surface area contributed by atoms with Crippen LogP contribution in [0.1, 0.15) is 18.7 Å². The molecule has 2 aromatic heterocycles. The highest BCUT2D eigenvalue weighted by Crippen LogP contribution is 2.41. The van der Waals surface area contributed by atoms with E-state index in [0.717, 1.165) is 18.4 Å². The Hall–Kier alpha value is -1.46. The van der Waals surface area contributed by atoms with Gasteiger partial charge in [-0.25, -0.2) is 0 Å². The molecule has 84 valence electrons. The van der Waals surface area contributed by atoms with Gasteiger partial charge in [0.05, 0.1) is 5.54 Å². The van der Waals surface area contributed by atoms with Gasteiger partial charge in [-0.05, 0) is 25.0 Å². The molecule has 1 aliphatic rings. The monoisotopic (exact) mass is 238 g/mol. The smallest absolute Gasteiger partial charge is 0.247 e. The van der Waals surface area contributed by atoms with E-state index in [1.54, 1.807) is 12.4 Å². The molecule has 0 unspecified atom stereocenters. The lowest BCUT2D eigenvalue weighted by Crippen LogP contribution is -2.18. The molecule has 1 aliphatic carbocycles. The Bertz CT molecular complexity index is 481. The van der Waals surface area contributed by atoms with Crippen LogP contribution in [0.2, 0.25) is 0 Å². The molecule has 0 spiro atoms. The van der Waals surface area contributed by atoms with Gasteiger partial charge in [-0.3, -0.25) is 4.98 Å². The van der Waals surface area contributed by atoms with E-state index < -0.39 is 0 Å². The Labute approximate surface area is 98.5 Å². The molecule has 2 aromatic rings. The van der Waals surface area contributed by atoms with Crippen LogP contribution in [-0.2, 0) is 5.54 Å². The molecule has 0 aliphatic heterocycles. The molecule has 2 heterocycles. The highest BCUT2D eigenvalue weighted by Gasteiger charge is 2.45. The Morgan fingerprint density at radius 1 is 1.38 bits per heavy atom. The summed E-state index contributed by atoms with van der Waals surface area (Å²) < 4.78 is 5.13. The topological polar surface area (TPSA) is 77.8 Å². The van der Waals surface area contributed by atoms with Crippen molar-refractivity contribution in [1.29, 1.82) is 0 Å². The summed E-state index contributed by atoms with van der Waals surface area (Å²) in [6, 6.07) is 3.72. The third-order valence-corrected chi connectivity index (χ3v) is 2.56. The third kappa shape index (κ3) is 1.79. The molecule has 3 rings (SSSR count). The largest absolute Gasteiger partial charge is 0.337 e. The molecule has 0 atom stereocenters. The fourth-order valence-corrected chi connectivity index (χ4v) is 1.39. The van der Waals surface area contributed by atoms with E-state index in [1.165, 1.54) is 0 Å². The summed E-state index contributed by atoms with van der Waals surface area (Å²) in [6.07, 6.45) is 5.24. The van der Waals surface area contributed by atoms with Crippen molar-refractivity contribution in [2.45, 2.75) is 18.4 Å². The zero-order valence-corrected chi connectivity index (χ0v) is 9.28. The van der Waals surface area contributed by atoms with Crippen molar-refractivity contribution in [2.75, 3.05) is 0 Å². The normalized spacial score (nSPS) is 16.6. The summed E-state index contributed by atoms with van der Waals surface area (Å²) in [5.74, 6) is 1.08. The van der Waals surface area contributed by atoms with Crippen LogP contribution < -0.4 is 5.73 Å². The van der Waals surface area contributed by atoms with Gasteiger partial charge in [0, 0.05) is 18.0 Å². The van der Waals surface area contributed by atoms with Crippen LogP contribution in [0, 0.1) is 0 Å². The first-order valence-corrected chi connectivity index (χ1v) is 4.81. The van der Waals surface area contributed by atoms with Crippen molar-refractivity contribution in [3.05, 3.63) is 30.4 Å². The van der Waals surface area contributed by atoms with Crippen LogP contribution in [0.5, 0.6) is 0 Å². The van der Waals surface area contributed by atoms with Gasteiger partial charge in [0.15, 0.2) is 0 Å². The van der Waals surface area contributed by atoms with Gasteiger partial charge >= 0.3 is 0 Å². The second-order valence-corrected chi connectivity index (χ2v) is 3.82. The summed E-state index contributed by atoms with van der Waals surface area (Å²) in [5.41, 5.74) is 6.42. The first kappa shape index (κ1) is 11.0. The Morgan fingerprint density at radius 3 is 2.81 bits per heavy atom. The first-order valence-electron chi connectivity index (χ1n) is 4.81. The molecule has 0 radical (unpaired) electrons. The number of hydrogen-bond donors (Lipinski definition) is 1. The van der Waals surface area contributed by atoms with E-state index in [1.807, 2.05) is 12.1 Å². The maximum Gasteiger partial charge on any atom is 0.247 e. The van der Waals surface area contributed by atoms with Gasteiger partial charge in [0.25, 0.3) is 0 Å². The average molecular weight is 239 g/mol. The zero-order valence-electron chi connectivity index (χ0n) is 8.46. The highest BCUT2D eigenvalue weighted by molar-refractivity contribution is 5.85. The zero-order chi connectivity index (χ0) is 10.3. The molecule has 0 bridgehead atoms. The van der Waals surface area contributed by atoms with Crippen LogP contribution in [-0.4, -0.2) is 15.1 Å². The molecular weight excluding hydrogens is 228 g/mol. The fraction of sp³-hybridized carbons (Fsp3) is 0.300. The Balaban J connectivity index is 0.000000963. The maximum atomic E-state index is 5.95. The lowest BCUT2D eigenvalue weighted by atomic mass is 10.2. The molecule has 6 heteroatoms. The molecule has 16 heavy (non-hydrogen) atoms. The predicted octanol–water partition coefficient (Wildman–Crippen LogP) is 1.50. The standard InChI is InChI=1S/C10H10N4O.ClH/c11-10(3-4-10)9-13-8(14-15-9)7-2-1-5-12-6-7;/h1-2,5-6H,3-4,11H2;1H. The quantitative estimate of drug-likeness (QED) is 0.858. The van der Waals surface area contributed by atoms with Gasteiger partial charge in [0.1, 0.15) is 0 Å². The summed E-state index contributed by atoms with van der Waals surface area (Å²) in [7, 11) is 0. The number of nitrogens with two attached hydrogens (primary N) is 1. The van der Waals surface area contributed by atoms with Gasteiger partial charge in [-0.15, -0.1) is 12.4 Å². The minimum atomic E-state index is -0.368. The summed E-state index contributed by atoms with van der Waals surface area (Å²) >= 11 is 0. The van der Waals surface area contributed by atoms with Gasteiger partial charge in [0.2, 0.25) is 11.7 Å². The minimum Gasteiger partial charge on any atom is -0.337 e. The minimum absolute atomic E-state index is 0. The van der Waals surface area contributed by atoms with E-state index in [4.69, 9.17) is 10.3 Å². The second kappa shape index (κ2) is 3.84. The van der Waals surface area contributed by atoms with Gasteiger partial charge in [-0.1, -0.05) is 5.16 Å². The molecular formula is C10H11ClN4O. The number of rotatable bonds is 2. The number of nitrogens with zero attached hydrogens (tertiary/aromatic N) is 3.